The molecule has 1 amide bonds. The fraction of sp³-hybridized carbons (Fsp3) is 0.455. The quantitative estimate of drug-likeness (QED) is 0.830. The minimum absolute atomic E-state index is 0.148. The van der Waals surface area contributed by atoms with Crippen molar-refractivity contribution in [2.24, 2.45) is 0 Å². The van der Waals surface area contributed by atoms with Gasteiger partial charge in [-0.05, 0) is 26.3 Å². The van der Waals surface area contributed by atoms with Gasteiger partial charge in [-0.15, -0.1) is 0 Å². The number of aliphatic hydroxyl groups excluding tert-OH is 1. The number of rotatable bonds is 4. The maximum Gasteiger partial charge on any atom is 0.253 e. The molecule has 0 aliphatic carbocycles. The molecular formula is C11H14Cl2N2O2. The van der Waals surface area contributed by atoms with Crippen LogP contribution in [0, 0.1) is 0 Å². The van der Waals surface area contributed by atoms with E-state index in [4.69, 9.17) is 23.2 Å². The molecule has 2 unspecified atom stereocenters. The topological polar surface area (TPSA) is 62.2 Å². The molecule has 1 heterocycles. The molecule has 17 heavy (non-hydrogen) atoms. The molecule has 0 saturated heterocycles. The van der Waals surface area contributed by atoms with Crippen LogP contribution >= 0.6 is 23.2 Å². The van der Waals surface area contributed by atoms with E-state index in [-0.39, 0.29) is 27.7 Å². The zero-order valence-corrected chi connectivity index (χ0v) is 11.1. The summed E-state index contributed by atoms with van der Waals surface area (Å²) < 4.78 is 0. The maximum absolute atomic E-state index is 11.8. The highest BCUT2D eigenvalue weighted by Crippen LogP contribution is 2.18. The number of hydrogen-bond donors (Lipinski definition) is 2. The fourth-order valence-corrected chi connectivity index (χ4v) is 1.81. The second-order valence-electron chi connectivity index (χ2n) is 3.95. The molecule has 94 valence electrons. The van der Waals surface area contributed by atoms with E-state index < -0.39 is 6.10 Å². The highest BCUT2D eigenvalue weighted by atomic mass is 35.5. The predicted molar refractivity (Wildman–Crippen MR) is 67.5 cm³/mol. The Kier molecular flexibility index (Phi) is 5.18. The van der Waals surface area contributed by atoms with Crippen molar-refractivity contribution >= 4 is 29.1 Å². The summed E-state index contributed by atoms with van der Waals surface area (Å²) in [7, 11) is 0. The van der Waals surface area contributed by atoms with Crippen molar-refractivity contribution in [1.82, 2.24) is 10.3 Å². The first-order valence-corrected chi connectivity index (χ1v) is 5.95. The van der Waals surface area contributed by atoms with Gasteiger partial charge in [-0.25, -0.2) is 4.98 Å². The number of carbonyl (C=O) groups excluding carboxylic acids is 1. The van der Waals surface area contributed by atoms with Gasteiger partial charge in [-0.3, -0.25) is 4.79 Å². The minimum Gasteiger partial charge on any atom is -0.393 e. The molecule has 0 saturated carbocycles. The Bertz CT molecular complexity index is 410. The van der Waals surface area contributed by atoms with Gasteiger partial charge in [0.25, 0.3) is 5.91 Å². The van der Waals surface area contributed by atoms with E-state index in [1.807, 2.05) is 0 Å². The molecule has 1 rings (SSSR count). The van der Waals surface area contributed by atoms with Crippen LogP contribution in [0.4, 0.5) is 0 Å². The Morgan fingerprint density at radius 2 is 2.18 bits per heavy atom. The van der Waals surface area contributed by atoms with Crippen LogP contribution in [0.1, 0.15) is 30.6 Å². The van der Waals surface area contributed by atoms with E-state index >= 15 is 0 Å². The van der Waals surface area contributed by atoms with E-state index in [1.54, 1.807) is 13.8 Å². The van der Waals surface area contributed by atoms with Gasteiger partial charge in [0.05, 0.1) is 16.7 Å². The standard InChI is InChI=1S/C11H14Cl2N2O2/c1-6(3-7(2)16)15-11(17)8-4-10(13)14-5-9(8)12/h4-7,16H,3H2,1-2H3,(H,15,17). The van der Waals surface area contributed by atoms with E-state index in [0.29, 0.717) is 6.42 Å². The molecule has 2 N–H and O–H groups in total. The first kappa shape index (κ1) is 14.2. The Morgan fingerprint density at radius 3 is 2.76 bits per heavy atom. The Morgan fingerprint density at radius 1 is 1.53 bits per heavy atom. The van der Waals surface area contributed by atoms with Gasteiger partial charge in [-0.2, -0.15) is 0 Å². The number of nitrogens with one attached hydrogen (secondary N) is 1. The molecule has 0 radical (unpaired) electrons. The third kappa shape index (κ3) is 4.50. The highest BCUT2D eigenvalue weighted by Gasteiger charge is 2.15. The lowest BCUT2D eigenvalue weighted by Gasteiger charge is -2.15. The number of carbonyl (C=O) groups is 1. The second kappa shape index (κ2) is 6.19. The van der Waals surface area contributed by atoms with Crippen molar-refractivity contribution in [2.75, 3.05) is 0 Å². The molecule has 0 bridgehead atoms. The van der Waals surface area contributed by atoms with Crippen molar-refractivity contribution in [3.8, 4) is 0 Å². The summed E-state index contributed by atoms with van der Waals surface area (Å²) >= 11 is 11.5. The van der Waals surface area contributed by atoms with Crippen LogP contribution in [-0.4, -0.2) is 28.1 Å². The maximum atomic E-state index is 11.8. The Hall–Kier alpha value is -0.840. The molecule has 0 aromatic carbocycles. The number of amides is 1. The molecular weight excluding hydrogens is 263 g/mol. The zero-order chi connectivity index (χ0) is 13.0. The lowest BCUT2D eigenvalue weighted by atomic mass is 10.1. The summed E-state index contributed by atoms with van der Waals surface area (Å²) in [4.78, 5) is 15.6. The molecule has 4 nitrogen and oxygen atoms in total. The van der Waals surface area contributed by atoms with Gasteiger partial charge in [0.15, 0.2) is 0 Å². The summed E-state index contributed by atoms with van der Waals surface area (Å²) in [6, 6.07) is 1.26. The average Bonchev–Trinajstić information content (AvgIpc) is 2.20. The van der Waals surface area contributed by atoms with Crippen molar-refractivity contribution in [1.29, 1.82) is 0 Å². The van der Waals surface area contributed by atoms with Gasteiger partial charge in [0, 0.05) is 12.2 Å². The van der Waals surface area contributed by atoms with Gasteiger partial charge in [0.2, 0.25) is 0 Å². The summed E-state index contributed by atoms with van der Waals surface area (Å²) in [5.41, 5.74) is 0.282. The van der Waals surface area contributed by atoms with Gasteiger partial charge in [-0.1, -0.05) is 23.2 Å². The van der Waals surface area contributed by atoms with E-state index in [0.717, 1.165) is 0 Å². The normalized spacial score (nSPS) is 14.2. The molecule has 2 atom stereocenters. The molecule has 1 aromatic heterocycles. The third-order valence-corrected chi connectivity index (χ3v) is 2.65. The van der Waals surface area contributed by atoms with E-state index in [9.17, 15) is 9.90 Å². The fourth-order valence-electron chi connectivity index (χ4n) is 1.46. The van der Waals surface area contributed by atoms with Crippen LogP contribution < -0.4 is 5.32 Å². The zero-order valence-electron chi connectivity index (χ0n) is 9.58. The van der Waals surface area contributed by atoms with Crippen LogP contribution in [0.25, 0.3) is 0 Å². The van der Waals surface area contributed by atoms with Crippen LogP contribution in [0.3, 0.4) is 0 Å². The van der Waals surface area contributed by atoms with Gasteiger partial charge in [0.1, 0.15) is 5.15 Å². The Labute approximate surface area is 110 Å². The molecule has 1 aromatic rings. The van der Waals surface area contributed by atoms with E-state index in [1.165, 1.54) is 12.3 Å². The first-order chi connectivity index (χ1) is 7.90. The minimum atomic E-state index is -0.471. The number of pyridine rings is 1. The van der Waals surface area contributed by atoms with Gasteiger partial charge >= 0.3 is 0 Å². The van der Waals surface area contributed by atoms with Crippen molar-refractivity contribution in [3.05, 3.63) is 28.0 Å². The van der Waals surface area contributed by atoms with Crippen molar-refractivity contribution < 1.29 is 9.90 Å². The Balaban J connectivity index is 2.73. The smallest absolute Gasteiger partial charge is 0.253 e. The largest absolute Gasteiger partial charge is 0.393 e. The van der Waals surface area contributed by atoms with Crippen LogP contribution in [0.15, 0.2) is 12.3 Å². The average molecular weight is 277 g/mol. The van der Waals surface area contributed by atoms with Crippen molar-refractivity contribution in [2.45, 2.75) is 32.4 Å². The molecule has 6 heteroatoms. The monoisotopic (exact) mass is 276 g/mol. The van der Waals surface area contributed by atoms with Crippen LogP contribution in [0.2, 0.25) is 10.2 Å². The molecule has 0 aliphatic rings. The van der Waals surface area contributed by atoms with Gasteiger partial charge < -0.3 is 10.4 Å². The van der Waals surface area contributed by atoms with Crippen LogP contribution in [-0.2, 0) is 0 Å². The van der Waals surface area contributed by atoms with Crippen molar-refractivity contribution in [3.63, 3.8) is 0 Å². The number of hydrogen-bond acceptors (Lipinski definition) is 3. The predicted octanol–water partition coefficient (Wildman–Crippen LogP) is 2.28. The van der Waals surface area contributed by atoms with E-state index in [2.05, 4.69) is 10.3 Å². The summed E-state index contributed by atoms with van der Waals surface area (Å²) in [6.07, 6.45) is 1.34. The summed E-state index contributed by atoms with van der Waals surface area (Å²) in [6.45, 7) is 3.47. The summed E-state index contributed by atoms with van der Waals surface area (Å²) in [5, 5.41) is 12.4. The number of aromatic nitrogens is 1. The third-order valence-electron chi connectivity index (χ3n) is 2.14. The molecule has 0 fully saturated rings. The highest BCUT2D eigenvalue weighted by molar-refractivity contribution is 6.35. The number of aliphatic hydroxyl groups is 1. The number of nitrogens with zero attached hydrogens (tertiary/aromatic N) is 1. The SMILES string of the molecule is CC(O)CC(C)NC(=O)c1cc(Cl)ncc1Cl. The first-order valence-electron chi connectivity index (χ1n) is 5.20. The molecule has 0 aliphatic heterocycles. The number of halogens is 2. The lowest BCUT2D eigenvalue weighted by molar-refractivity contribution is 0.0923. The second-order valence-corrected chi connectivity index (χ2v) is 4.74. The van der Waals surface area contributed by atoms with Crippen LogP contribution in [0.5, 0.6) is 0 Å². The lowest BCUT2D eigenvalue weighted by Crippen LogP contribution is -2.34. The molecule has 0 spiro atoms. The summed E-state index contributed by atoms with van der Waals surface area (Å²) in [5.74, 6) is -0.326.